The minimum absolute atomic E-state index is 0.0906. The van der Waals surface area contributed by atoms with E-state index in [1.807, 2.05) is 0 Å². The van der Waals surface area contributed by atoms with Crippen molar-refractivity contribution in [3.8, 4) is 0 Å². The van der Waals surface area contributed by atoms with Crippen molar-refractivity contribution in [3.05, 3.63) is 18.0 Å². The highest BCUT2D eigenvalue weighted by molar-refractivity contribution is 5.93. The molecule has 1 rings (SSSR count). The maximum atomic E-state index is 11.3. The minimum atomic E-state index is -0.151. The van der Waals surface area contributed by atoms with Gasteiger partial charge < -0.3 is 10.4 Å². The van der Waals surface area contributed by atoms with Crippen molar-refractivity contribution in [3.63, 3.8) is 0 Å². The average Bonchev–Trinajstić information content (AvgIpc) is 2.52. The molecule has 5 nitrogen and oxygen atoms in total. The highest BCUT2D eigenvalue weighted by Gasteiger charge is 2.05. The number of hydrogen-bond donors (Lipinski definition) is 2. The molecular weight excluding hydrogens is 170 g/mol. The van der Waals surface area contributed by atoms with Crippen molar-refractivity contribution in [2.75, 3.05) is 13.2 Å². The van der Waals surface area contributed by atoms with Gasteiger partial charge in [-0.2, -0.15) is 5.10 Å². The van der Waals surface area contributed by atoms with Gasteiger partial charge in [0.25, 0.3) is 5.91 Å². The fourth-order valence-electron chi connectivity index (χ4n) is 0.922. The zero-order valence-corrected chi connectivity index (χ0v) is 7.53. The van der Waals surface area contributed by atoms with E-state index in [1.165, 1.54) is 6.20 Å². The summed E-state index contributed by atoms with van der Waals surface area (Å²) in [7, 11) is 1.75. The molecule has 0 unspecified atom stereocenters. The molecule has 0 saturated heterocycles. The van der Waals surface area contributed by atoms with Gasteiger partial charge in [0.05, 0.1) is 11.8 Å². The number of aryl methyl sites for hydroxylation is 1. The third kappa shape index (κ3) is 2.87. The summed E-state index contributed by atoms with van der Waals surface area (Å²) in [6, 6.07) is 0. The molecule has 1 heterocycles. The second kappa shape index (κ2) is 4.61. The summed E-state index contributed by atoms with van der Waals surface area (Å²) in [5.41, 5.74) is 0.542. The number of carbonyl (C=O) groups is 1. The topological polar surface area (TPSA) is 67.2 Å². The van der Waals surface area contributed by atoms with E-state index in [0.29, 0.717) is 18.5 Å². The van der Waals surface area contributed by atoms with Gasteiger partial charge in [0.2, 0.25) is 0 Å². The Morgan fingerprint density at radius 1 is 1.77 bits per heavy atom. The van der Waals surface area contributed by atoms with Crippen LogP contribution in [-0.4, -0.2) is 33.9 Å². The largest absolute Gasteiger partial charge is 0.396 e. The van der Waals surface area contributed by atoms with Crippen LogP contribution in [0.15, 0.2) is 12.4 Å². The lowest BCUT2D eigenvalue weighted by Crippen LogP contribution is -2.24. The summed E-state index contributed by atoms with van der Waals surface area (Å²) in [5, 5.41) is 15.0. The molecule has 0 bridgehead atoms. The molecule has 0 fully saturated rings. The molecule has 72 valence electrons. The van der Waals surface area contributed by atoms with Crippen LogP contribution >= 0.6 is 0 Å². The lowest BCUT2D eigenvalue weighted by atomic mass is 10.3. The Bertz CT molecular complexity index is 283. The standard InChI is InChI=1S/C8H13N3O2/c1-11-6-7(5-10-11)8(13)9-3-2-4-12/h5-6,12H,2-4H2,1H3,(H,9,13). The summed E-state index contributed by atoms with van der Waals surface area (Å²) >= 11 is 0. The smallest absolute Gasteiger partial charge is 0.254 e. The average molecular weight is 183 g/mol. The summed E-state index contributed by atoms with van der Waals surface area (Å²) in [6.07, 6.45) is 3.73. The lowest BCUT2D eigenvalue weighted by Gasteiger charge is -2.00. The van der Waals surface area contributed by atoms with Crippen LogP contribution in [-0.2, 0) is 7.05 Å². The van der Waals surface area contributed by atoms with Crippen LogP contribution in [0.2, 0.25) is 0 Å². The highest BCUT2D eigenvalue weighted by Crippen LogP contribution is 1.95. The van der Waals surface area contributed by atoms with Gasteiger partial charge in [-0.05, 0) is 6.42 Å². The Kier molecular flexibility index (Phi) is 3.45. The maximum absolute atomic E-state index is 11.3. The number of aliphatic hydroxyl groups excluding tert-OH is 1. The molecule has 0 radical (unpaired) electrons. The Morgan fingerprint density at radius 2 is 2.54 bits per heavy atom. The Balaban J connectivity index is 2.40. The fourth-order valence-corrected chi connectivity index (χ4v) is 0.922. The van der Waals surface area contributed by atoms with Crippen molar-refractivity contribution in [1.29, 1.82) is 0 Å². The summed E-state index contributed by atoms with van der Waals surface area (Å²) in [6.45, 7) is 0.581. The van der Waals surface area contributed by atoms with E-state index >= 15 is 0 Å². The number of nitrogens with zero attached hydrogens (tertiary/aromatic N) is 2. The van der Waals surface area contributed by atoms with E-state index < -0.39 is 0 Å². The van der Waals surface area contributed by atoms with Gasteiger partial charge in [-0.15, -0.1) is 0 Å². The van der Waals surface area contributed by atoms with E-state index in [9.17, 15) is 4.79 Å². The Hall–Kier alpha value is -1.36. The molecule has 13 heavy (non-hydrogen) atoms. The number of hydrogen-bond acceptors (Lipinski definition) is 3. The van der Waals surface area contributed by atoms with Crippen LogP contribution < -0.4 is 5.32 Å². The monoisotopic (exact) mass is 183 g/mol. The Morgan fingerprint density at radius 3 is 3.08 bits per heavy atom. The van der Waals surface area contributed by atoms with E-state index in [-0.39, 0.29) is 12.5 Å². The zero-order chi connectivity index (χ0) is 9.68. The van der Waals surface area contributed by atoms with Crippen molar-refractivity contribution in [2.45, 2.75) is 6.42 Å². The lowest BCUT2D eigenvalue weighted by molar-refractivity contribution is 0.0951. The van der Waals surface area contributed by atoms with Gasteiger partial charge in [0.1, 0.15) is 0 Å². The number of amides is 1. The molecule has 5 heteroatoms. The molecule has 0 aliphatic rings. The molecule has 1 aromatic heterocycles. The van der Waals surface area contributed by atoms with E-state index in [2.05, 4.69) is 10.4 Å². The maximum Gasteiger partial charge on any atom is 0.254 e. The van der Waals surface area contributed by atoms with Crippen LogP contribution in [0.1, 0.15) is 16.8 Å². The van der Waals surface area contributed by atoms with Crippen LogP contribution in [0.25, 0.3) is 0 Å². The third-order valence-electron chi connectivity index (χ3n) is 1.59. The van der Waals surface area contributed by atoms with Crippen LogP contribution in [0.4, 0.5) is 0 Å². The predicted octanol–water partition coefficient (Wildman–Crippen LogP) is -0.468. The van der Waals surface area contributed by atoms with Crippen LogP contribution in [0, 0.1) is 0 Å². The first-order valence-corrected chi connectivity index (χ1v) is 4.11. The van der Waals surface area contributed by atoms with Crippen LogP contribution in [0.3, 0.4) is 0 Å². The number of nitrogens with one attached hydrogen (secondary N) is 1. The van der Waals surface area contributed by atoms with Crippen LogP contribution in [0.5, 0.6) is 0 Å². The third-order valence-corrected chi connectivity index (χ3v) is 1.59. The molecule has 1 amide bonds. The predicted molar refractivity (Wildman–Crippen MR) is 47.2 cm³/mol. The molecule has 0 aromatic carbocycles. The second-order valence-electron chi connectivity index (χ2n) is 2.74. The van der Waals surface area contributed by atoms with Crippen molar-refractivity contribution < 1.29 is 9.90 Å². The van der Waals surface area contributed by atoms with Crippen molar-refractivity contribution >= 4 is 5.91 Å². The van der Waals surface area contributed by atoms with Gasteiger partial charge in [-0.3, -0.25) is 9.48 Å². The molecule has 2 N–H and O–H groups in total. The zero-order valence-electron chi connectivity index (χ0n) is 7.53. The number of aliphatic hydroxyl groups is 1. The van der Waals surface area contributed by atoms with Gasteiger partial charge in [-0.25, -0.2) is 0 Å². The number of carbonyl (C=O) groups excluding carboxylic acids is 1. The van der Waals surface area contributed by atoms with Gasteiger partial charge in [-0.1, -0.05) is 0 Å². The SMILES string of the molecule is Cn1cc(C(=O)NCCCO)cn1. The van der Waals surface area contributed by atoms with E-state index in [1.54, 1.807) is 17.9 Å². The van der Waals surface area contributed by atoms with Crippen molar-refractivity contribution in [2.24, 2.45) is 7.05 Å². The second-order valence-corrected chi connectivity index (χ2v) is 2.74. The highest BCUT2D eigenvalue weighted by atomic mass is 16.3. The van der Waals surface area contributed by atoms with Gasteiger partial charge in [0, 0.05) is 26.4 Å². The molecule has 0 aliphatic carbocycles. The molecule has 0 atom stereocenters. The molecule has 0 saturated carbocycles. The first-order valence-electron chi connectivity index (χ1n) is 4.11. The molecule has 0 aliphatic heterocycles. The number of aromatic nitrogens is 2. The van der Waals surface area contributed by atoms with E-state index in [0.717, 1.165) is 0 Å². The quantitative estimate of drug-likeness (QED) is 0.620. The van der Waals surface area contributed by atoms with Crippen molar-refractivity contribution in [1.82, 2.24) is 15.1 Å². The fraction of sp³-hybridized carbons (Fsp3) is 0.500. The molecule has 1 aromatic rings. The first kappa shape index (κ1) is 9.73. The number of rotatable bonds is 4. The first-order chi connectivity index (χ1) is 6.24. The van der Waals surface area contributed by atoms with Gasteiger partial charge in [0.15, 0.2) is 0 Å². The molecular formula is C8H13N3O2. The van der Waals surface area contributed by atoms with Gasteiger partial charge >= 0.3 is 0 Å². The summed E-state index contributed by atoms with van der Waals surface area (Å²) in [4.78, 5) is 11.3. The minimum Gasteiger partial charge on any atom is -0.396 e. The summed E-state index contributed by atoms with van der Waals surface area (Å²) < 4.78 is 1.57. The normalized spacial score (nSPS) is 10.0. The summed E-state index contributed by atoms with van der Waals surface area (Å²) in [5.74, 6) is -0.151. The molecule has 0 spiro atoms. The van der Waals surface area contributed by atoms with E-state index in [4.69, 9.17) is 5.11 Å². The Labute approximate surface area is 76.4 Å².